The van der Waals surface area contributed by atoms with Crippen LogP contribution >= 0.6 is 0 Å². The Kier molecular flexibility index (Phi) is 5.00. The van der Waals surface area contributed by atoms with Gasteiger partial charge in [0.1, 0.15) is 0 Å². The Morgan fingerprint density at radius 3 is 2.44 bits per heavy atom. The summed E-state index contributed by atoms with van der Waals surface area (Å²) in [6.07, 6.45) is 0. The molecule has 25 heavy (non-hydrogen) atoms. The number of carbonyl (C=O) groups excluding carboxylic acids is 2. The van der Waals surface area contributed by atoms with Gasteiger partial charge in [-0.25, -0.2) is 4.79 Å². The number of nitrogens with zero attached hydrogens (tertiary/aromatic N) is 1. The zero-order valence-electron chi connectivity index (χ0n) is 14.1. The van der Waals surface area contributed by atoms with Crippen molar-refractivity contribution >= 4 is 23.3 Å². The van der Waals surface area contributed by atoms with Gasteiger partial charge in [0.05, 0.1) is 5.92 Å². The maximum absolute atomic E-state index is 12.5. The second-order valence-electron chi connectivity index (χ2n) is 6.14. The molecule has 3 amide bonds. The molecule has 6 heteroatoms. The highest BCUT2D eigenvalue weighted by molar-refractivity contribution is 5.95. The van der Waals surface area contributed by atoms with E-state index in [4.69, 9.17) is 5.73 Å². The molecule has 0 aliphatic carbocycles. The fraction of sp³-hybridized carbons (Fsp3) is 0.263. The van der Waals surface area contributed by atoms with E-state index in [2.05, 4.69) is 10.6 Å². The first kappa shape index (κ1) is 17.0. The maximum atomic E-state index is 12.5. The third kappa shape index (κ3) is 3.80. The summed E-state index contributed by atoms with van der Waals surface area (Å²) >= 11 is 0. The van der Waals surface area contributed by atoms with Crippen molar-refractivity contribution in [3.05, 3.63) is 60.2 Å². The van der Waals surface area contributed by atoms with Crippen molar-refractivity contribution in [1.82, 2.24) is 5.32 Å². The molecule has 2 aromatic rings. The number of carbonyl (C=O) groups is 2. The van der Waals surface area contributed by atoms with E-state index in [1.807, 2.05) is 49.4 Å². The number of hydrogen-bond donors (Lipinski definition) is 3. The molecular weight excluding hydrogens is 316 g/mol. The average Bonchev–Trinajstić information content (AvgIpc) is 3.07. The smallest absolute Gasteiger partial charge is 0.321 e. The Morgan fingerprint density at radius 2 is 1.84 bits per heavy atom. The first-order chi connectivity index (χ1) is 12.1. The quantitative estimate of drug-likeness (QED) is 0.783. The molecule has 0 bridgehead atoms. The van der Waals surface area contributed by atoms with Gasteiger partial charge in [0, 0.05) is 30.5 Å². The first-order valence-corrected chi connectivity index (χ1v) is 8.33. The van der Waals surface area contributed by atoms with Crippen molar-refractivity contribution in [3.63, 3.8) is 0 Å². The van der Waals surface area contributed by atoms with E-state index in [0.717, 1.165) is 11.3 Å². The minimum atomic E-state index is -0.369. The van der Waals surface area contributed by atoms with Gasteiger partial charge < -0.3 is 16.4 Å². The van der Waals surface area contributed by atoms with Crippen molar-refractivity contribution in [2.75, 3.05) is 23.3 Å². The largest absolute Gasteiger partial charge is 0.336 e. The number of urea groups is 1. The summed E-state index contributed by atoms with van der Waals surface area (Å²) in [6, 6.07) is 16.3. The Balaban J connectivity index is 1.63. The fourth-order valence-corrected chi connectivity index (χ4v) is 2.83. The normalized spacial score (nSPS) is 16.2. The van der Waals surface area contributed by atoms with Crippen molar-refractivity contribution in [2.45, 2.75) is 13.0 Å². The van der Waals surface area contributed by atoms with E-state index in [1.54, 1.807) is 17.0 Å². The zero-order chi connectivity index (χ0) is 17.8. The highest BCUT2D eigenvalue weighted by Crippen LogP contribution is 2.23. The zero-order valence-corrected chi connectivity index (χ0v) is 14.1. The van der Waals surface area contributed by atoms with Crippen molar-refractivity contribution < 1.29 is 9.59 Å². The minimum Gasteiger partial charge on any atom is -0.336 e. The standard InChI is InChI=1S/C19H22N4O2/c1-13(17(20)14-5-3-2-4-6-14)18(24)22-15-7-9-16(10-8-15)23-12-11-21-19(23)25/h2-10,13,17H,11-12,20H2,1H3,(H,21,25)(H,22,24). The van der Waals surface area contributed by atoms with Gasteiger partial charge in [0.15, 0.2) is 0 Å². The summed E-state index contributed by atoms with van der Waals surface area (Å²) in [5, 5.41) is 5.64. The molecule has 1 saturated heterocycles. The van der Waals surface area contributed by atoms with Crippen LogP contribution in [0.4, 0.5) is 16.2 Å². The molecular formula is C19H22N4O2. The van der Waals surface area contributed by atoms with E-state index in [1.165, 1.54) is 0 Å². The molecule has 6 nitrogen and oxygen atoms in total. The lowest BCUT2D eigenvalue weighted by Gasteiger charge is -2.20. The van der Waals surface area contributed by atoms with Gasteiger partial charge in [0.25, 0.3) is 0 Å². The molecule has 2 aromatic carbocycles. The van der Waals surface area contributed by atoms with Crippen LogP contribution in [0.3, 0.4) is 0 Å². The molecule has 0 spiro atoms. The van der Waals surface area contributed by atoms with Gasteiger partial charge >= 0.3 is 6.03 Å². The molecule has 4 N–H and O–H groups in total. The highest BCUT2D eigenvalue weighted by Gasteiger charge is 2.23. The van der Waals surface area contributed by atoms with E-state index in [0.29, 0.717) is 18.8 Å². The topological polar surface area (TPSA) is 87.5 Å². The number of amides is 3. The SMILES string of the molecule is CC(C(=O)Nc1ccc(N2CCNC2=O)cc1)C(N)c1ccccc1. The minimum absolute atomic E-state index is 0.0979. The van der Waals surface area contributed by atoms with E-state index < -0.39 is 0 Å². The second kappa shape index (κ2) is 7.36. The van der Waals surface area contributed by atoms with Crippen molar-refractivity contribution in [3.8, 4) is 0 Å². The number of hydrogen-bond acceptors (Lipinski definition) is 3. The summed E-state index contributed by atoms with van der Waals surface area (Å²) < 4.78 is 0. The van der Waals surface area contributed by atoms with E-state index in [9.17, 15) is 9.59 Å². The fourth-order valence-electron chi connectivity index (χ4n) is 2.83. The van der Waals surface area contributed by atoms with Crippen LogP contribution in [0.15, 0.2) is 54.6 Å². The molecule has 1 fully saturated rings. The lowest BCUT2D eigenvalue weighted by Crippen LogP contribution is -2.30. The predicted octanol–water partition coefficient (Wildman–Crippen LogP) is 2.49. The van der Waals surface area contributed by atoms with Gasteiger partial charge in [-0.2, -0.15) is 0 Å². The summed E-state index contributed by atoms with van der Waals surface area (Å²) in [7, 11) is 0. The summed E-state index contributed by atoms with van der Waals surface area (Å²) in [5.41, 5.74) is 8.62. The van der Waals surface area contributed by atoms with Gasteiger partial charge in [0.2, 0.25) is 5.91 Å². The Labute approximate surface area is 147 Å². The summed E-state index contributed by atoms with van der Waals surface area (Å²) in [4.78, 5) is 25.8. The number of nitrogens with one attached hydrogen (secondary N) is 2. The van der Waals surface area contributed by atoms with Gasteiger partial charge in [-0.1, -0.05) is 37.3 Å². The molecule has 130 valence electrons. The van der Waals surface area contributed by atoms with E-state index in [-0.39, 0.29) is 23.9 Å². The molecule has 0 radical (unpaired) electrons. The van der Waals surface area contributed by atoms with Crippen LogP contribution < -0.4 is 21.3 Å². The summed E-state index contributed by atoms with van der Waals surface area (Å²) in [5.74, 6) is -0.505. The van der Waals surface area contributed by atoms with Crippen LogP contribution in [0, 0.1) is 5.92 Å². The molecule has 2 unspecified atom stereocenters. The van der Waals surface area contributed by atoms with E-state index >= 15 is 0 Å². The lowest BCUT2D eigenvalue weighted by molar-refractivity contribution is -0.120. The molecule has 0 saturated carbocycles. The average molecular weight is 338 g/mol. The Morgan fingerprint density at radius 1 is 1.16 bits per heavy atom. The number of rotatable bonds is 5. The third-order valence-electron chi connectivity index (χ3n) is 4.44. The summed E-state index contributed by atoms with van der Waals surface area (Å²) in [6.45, 7) is 3.11. The first-order valence-electron chi connectivity index (χ1n) is 8.33. The number of anilines is 2. The maximum Gasteiger partial charge on any atom is 0.321 e. The van der Waals surface area contributed by atoms with Crippen LogP contribution in [-0.4, -0.2) is 25.0 Å². The molecule has 1 aliphatic rings. The van der Waals surface area contributed by atoms with Gasteiger partial charge in [-0.05, 0) is 29.8 Å². The predicted molar refractivity (Wildman–Crippen MR) is 98.4 cm³/mol. The molecule has 0 aromatic heterocycles. The molecule has 2 atom stereocenters. The molecule has 3 rings (SSSR count). The van der Waals surface area contributed by atoms with Crippen LogP contribution in [0.1, 0.15) is 18.5 Å². The van der Waals surface area contributed by atoms with Crippen molar-refractivity contribution in [1.29, 1.82) is 0 Å². The second-order valence-corrected chi connectivity index (χ2v) is 6.14. The Hall–Kier alpha value is -2.86. The van der Waals surface area contributed by atoms with Crippen LogP contribution in [0.2, 0.25) is 0 Å². The third-order valence-corrected chi connectivity index (χ3v) is 4.44. The van der Waals surface area contributed by atoms with Crippen LogP contribution in [0.25, 0.3) is 0 Å². The van der Waals surface area contributed by atoms with Crippen LogP contribution in [0.5, 0.6) is 0 Å². The van der Waals surface area contributed by atoms with Gasteiger partial charge in [-0.15, -0.1) is 0 Å². The number of nitrogens with two attached hydrogens (primary N) is 1. The van der Waals surface area contributed by atoms with Crippen molar-refractivity contribution in [2.24, 2.45) is 11.7 Å². The molecule has 1 aliphatic heterocycles. The van der Waals surface area contributed by atoms with Gasteiger partial charge in [-0.3, -0.25) is 9.69 Å². The molecule has 1 heterocycles. The lowest BCUT2D eigenvalue weighted by atomic mass is 9.94. The van der Waals surface area contributed by atoms with Crippen LogP contribution in [-0.2, 0) is 4.79 Å². The monoisotopic (exact) mass is 338 g/mol. The Bertz CT molecular complexity index is 746. The highest BCUT2D eigenvalue weighted by atomic mass is 16.2. The number of benzene rings is 2.